The zero-order valence-corrected chi connectivity index (χ0v) is 71.0. The molecule has 0 heterocycles. The molecule has 0 amide bonds. The van der Waals surface area contributed by atoms with Crippen LogP contribution in [0.15, 0.2) is 207 Å². The first-order valence-electron chi connectivity index (χ1n) is 42.3. The van der Waals surface area contributed by atoms with Crippen LogP contribution in [-0.4, -0.2) is 96.7 Å². The van der Waals surface area contributed by atoms with Crippen LogP contribution in [0.5, 0.6) is 0 Å². The Morgan fingerprint density at radius 1 is 0.259 bits per heavy atom. The van der Waals surface area contributed by atoms with Crippen LogP contribution in [-0.2, 0) is 65.4 Å². The Bertz CT molecular complexity index is 2940. The van der Waals surface area contributed by atoms with Crippen LogP contribution in [0.25, 0.3) is 0 Å². The topological polar surface area (TPSA) is 237 Å². The molecule has 0 rings (SSSR count). The molecular formula is C93H148O17P2. The van der Waals surface area contributed by atoms with Crippen LogP contribution >= 0.6 is 15.6 Å². The average molecular weight is 1600 g/mol. The Labute approximate surface area is 678 Å². The van der Waals surface area contributed by atoms with Crippen molar-refractivity contribution >= 4 is 39.5 Å². The summed E-state index contributed by atoms with van der Waals surface area (Å²) < 4.78 is 68.6. The van der Waals surface area contributed by atoms with E-state index in [1.165, 1.54) is 44.9 Å². The van der Waals surface area contributed by atoms with Crippen molar-refractivity contribution in [2.45, 2.75) is 316 Å². The van der Waals surface area contributed by atoms with Crippen LogP contribution in [0.2, 0.25) is 0 Å². The van der Waals surface area contributed by atoms with Gasteiger partial charge in [-0.1, -0.05) is 305 Å². The van der Waals surface area contributed by atoms with Gasteiger partial charge < -0.3 is 33.8 Å². The molecule has 112 heavy (non-hydrogen) atoms. The van der Waals surface area contributed by atoms with Crippen molar-refractivity contribution < 1.29 is 80.2 Å². The molecular weight excluding hydrogens is 1450 g/mol. The number of hydrogen-bond donors (Lipinski definition) is 3. The molecule has 0 bridgehead atoms. The lowest BCUT2D eigenvalue weighted by Crippen LogP contribution is -2.30. The summed E-state index contributed by atoms with van der Waals surface area (Å²) in [6.45, 7) is 4.38. The summed E-state index contributed by atoms with van der Waals surface area (Å²) in [5.41, 5.74) is 0. The first-order valence-corrected chi connectivity index (χ1v) is 45.3. The smallest absolute Gasteiger partial charge is 0.462 e. The van der Waals surface area contributed by atoms with E-state index in [1.807, 2.05) is 36.5 Å². The number of carbonyl (C=O) groups is 4. The fraction of sp³-hybridized carbons (Fsp3) is 0.591. The number of allylic oxidation sites excluding steroid dienone is 34. The molecule has 0 fully saturated rings. The van der Waals surface area contributed by atoms with Crippen molar-refractivity contribution in [2.24, 2.45) is 0 Å². The third kappa shape index (κ3) is 81.6. The van der Waals surface area contributed by atoms with E-state index < -0.39 is 97.5 Å². The zero-order chi connectivity index (χ0) is 81.7. The Morgan fingerprint density at radius 3 is 0.786 bits per heavy atom. The lowest BCUT2D eigenvalue weighted by Gasteiger charge is -2.21. The van der Waals surface area contributed by atoms with Gasteiger partial charge in [-0.05, 0) is 173 Å². The quantitative estimate of drug-likeness (QED) is 0.0169. The van der Waals surface area contributed by atoms with Crippen molar-refractivity contribution in [3.63, 3.8) is 0 Å². The number of rotatable bonds is 77. The summed E-state index contributed by atoms with van der Waals surface area (Å²) in [6.07, 6.45) is 104. The molecule has 0 saturated heterocycles. The third-order valence-electron chi connectivity index (χ3n) is 16.7. The Balaban J connectivity index is 5.58. The van der Waals surface area contributed by atoms with Gasteiger partial charge in [0, 0.05) is 25.7 Å². The monoisotopic (exact) mass is 1600 g/mol. The largest absolute Gasteiger partial charge is 0.472 e. The number of carbonyl (C=O) groups excluding carboxylic acids is 4. The molecule has 5 atom stereocenters. The number of hydrogen-bond acceptors (Lipinski definition) is 15. The lowest BCUT2D eigenvalue weighted by atomic mass is 10.1. The number of aliphatic hydroxyl groups is 1. The molecule has 0 saturated carbocycles. The van der Waals surface area contributed by atoms with E-state index in [1.54, 1.807) is 0 Å². The van der Waals surface area contributed by atoms with Gasteiger partial charge in [-0.15, -0.1) is 0 Å². The highest BCUT2D eigenvalue weighted by Gasteiger charge is 2.30. The molecule has 17 nitrogen and oxygen atoms in total. The minimum absolute atomic E-state index is 0.0413. The summed E-state index contributed by atoms with van der Waals surface area (Å²) in [7, 11) is -10.0. The van der Waals surface area contributed by atoms with Crippen LogP contribution in [0, 0.1) is 0 Å². The number of phosphoric acid groups is 2. The number of aliphatic hydroxyl groups excluding tert-OH is 1. The van der Waals surface area contributed by atoms with Crippen LogP contribution in [0.3, 0.4) is 0 Å². The summed E-state index contributed by atoms with van der Waals surface area (Å²) in [5, 5.41) is 10.7. The normalized spacial score (nSPS) is 14.8. The third-order valence-corrected chi connectivity index (χ3v) is 18.6. The van der Waals surface area contributed by atoms with Gasteiger partial charge in [-0.2, -0.15) is 0 Å². The van der Waals surface area contributed by atoms with Crippen LogP contribution in [0.1, 0.15) is 297 Å². The summed E-state index contributed by atoms with van der Waals surface area (Å²) in [5.74, 6) is -2.43. The second-order valence-corrected chi connectivity index (χ2v) is 30.2. The molecule has 0 aliphatic heterocycles. The van der Waals surface area contributed by atoms with Gasteiger partial charge in [0.05, 0.1) is 26.4 Å². The van der Waals surface area contributed by atoms with E-state index in [4.69, 9.17) is 37.0 Å². The minimum atomic E-state index is -5.03. The molecule has 632 valence electrons. The molecule has 0 radical (unpaired) electrons. The molecule has 0 aliphatic rings. The molecule has 0 aromatic carbocycles. The Morgan fingerprint density at radius 2 is 0.482 bits per heavy atom. The van der Waals surface area contributed by atoms with Gasteiger partial charge >= 0.3 is 39.5 Å². The fourth-order valence-electron chi connectivity index (χ4n) is 10.4. The second-order valence-electron chi connectivity index (χ2n) is 27.3. The van der Waals surface area contributed by atoms with Gasteiger partial charge in [0.1, 0.15) is 19.3 Å². The maximum atomic E-state index is 13.1. The number of phosphoric ester groups is 2. The molecule has 0 spiro atoms. The summed E-state index contributed by atoms with van der Waals surface area (Å²) >= 11 is 0. The second kappa shape index (κ2) is 82.6. The van der Waals surface area contributed by atoms with Crippen molar-refractivity contribution in [1.29, 1.82) is 0 Å². The standard InChI is InChI=1S/C93H148O17P2/c1-5-9-13-17-21-25-29-33-37-40-43-46-50-54-58-62-66-70-74-78-91(96)104-84-89(110-93(98)80-76-72-68-64-60-56-52-48-45-42-39-35-31-27-23-19-15-11-7-3)86-108-112(101,102)106-82-87(94)81-105-111(99,100)107-85-88(83-103-90(95)77-73-69-65-61-57-53-49-36-32-28-24-20-16-12-8-4)109-92(97)79-75-71-67-63-59-55-51-47-44-41-38-34-30-26-22-18-14-10-6-2/h9-10,13-14,21-23,25-28,32-35,37-39,43-48,54-56,58-60,67-68,71-72,87-89,94H,5-8,11-12,15-20,24,29-31,36,40-42,49-53,57,61-66,69-70,73-86H2,1-4H3,(H,99,100)(H,101,102)/b13-9-,14-10-,25-21-,26-22-,27-23-,32-28-,37-33-,38-34-,39-35-,46-43-,47-44-,48-45-,58-54-,59-55-,60-56-,71-67-,72-68-/t87-,88+,89+/m0/s1. The molecule has 2 unspecified atom stereocenters. The van der Waals surface area contributed by atoms with E-state index in [2.05, 4.69) is 198 Å². The zero-order valence-electron chi connectivity index (χ0n) is 69.3. The number of unbranched alkanes of at least 4 members (excludes halogenated alkanes) is 17. The van der Waals surface area contributed by atoms with Gasteiger partial charge in [-0.3, -0.25) is 37.3 Å². The van der Waals surface area contributed by atoms with Crippen LogP contribution in [0.4, 0.5) is 0 Å². The maximum absolute atomic E-state index is 13.1. The average Bonchev–Trinajstić information content (AvgIpc) is 0.897. The Kier molecular flexibility index (Phi) is 77.9. The highest BCUT2D eigenvalue weighted by Crippen LogP contribution is 2.45. The predicted molar refractivity (Wildman–Crippen MR) is 463 cm³/mol. The molecule has 0 aromatic rings. The maximum Gasteiger partial charge on any atom is 0.472 e. The number of esters is 4. The molecule has 19 heteroatoms. The van der Waals surface area contributed by atoms with Crippen molar-refractivity contribution in [2.75, 3.05) is 39.6 Å². The highest BCUT2D eigenvalue weighted by molar-refractivity contribution is 7.47. The van der Waals surface area contributed by atoms with Crippen molar-refractivity contribution in [1.82, 2.24) is 0 Å². The SMILES string of the molecule is CC/C=C\C/C=C\C/C=C\C/C=C\C/C=C\C/C=C\CCC(=O)O[C@H](COC(=O)CCCCCCCCC/C=C\CCCCCC)COP(=O)(O)OC[C@H](O)COP(=O)(O)OC[C@@H](COC(=O)CCCCC/C=C\C/C=C\C/C=C\C/C=C\C/C=C\CC)OC(=O)CC/C=C\C/C=C\C/C=C\C/C=C\C/C=C\CCCCC. The lowest BCUT2D eigenvalue weighted by molar-refractivity contribution is -0.161. The van der Waals surface area contributed by atoms with E-state index >= 15 is 0 Å². The van der Waals surface area contributed by atoms with Crippen molar-refractivity contribution in [3.8, 4) is 0 Å². The van der Waals surface area contributed by atoms with Gasteiger partial charge in [0.25, 0.3) is 0 Å². The van der Waals surface area contributed by atoms with Gasteiger partial charge in [0.15, 0.2) is 12.2 Å². The first kappa shape index (κ1) is 106. The van der Waals surface area contributed by atoms with Gasteiger partial charge in [0.2, 0.25) is 0 Å². The van der Waals surface area contributed by atoms with Gasteiger partial charge in [-0.25, -0.2) is 9.13 Å². The van der Waals surface area contributed by atoms with Crippen LogP contribution < -0.4 is 0 Å². The Hall–Kier alpha value is -6.36. The molecule has 3 N–H and O–H groups in total. The first-order chi connectivity index (χ1) is 54.7. The fourth-order valence-corrected chi connectivity index (χ4v) is 11.9. The van der Waals surface area contributed by atoms with Crippen molar-refractivity contribution in [3.05, 3.63) is 207 Å². The predicted octanol–water partition coefficient (Wildman–Crippen LogP) is 25.4. The van der Waals surface area contributed by atoms with E-state index in [0.717, 1.165) is 161 Å². The molecule has 0 aromatic heterocycles. The number of ether oxygens (including phenoxy) is 4. The van der Waals surface area contributed by atoms with E-state index in [-0.39, 0.29) is 25.7 Å². The highest BCUT2D eigenvalue weighted by atomic mass is 31.2. The summed E-state index contributed by atoms with van der Waals surface area (Å²) in [6, 6.07) is 0. The van der Waals surface area contributed by atoms with E-state index in [0.29, 0.717) is 38.5 Å². The van der Waals surface area contributed by atoms with E-state index in [9.17, 15) is 43.2 Å². The molecule has 0 aliphatic carbocycles. The summed E-state index contributed by atoms with van der Waals surface area (Å²) in [4.78, 5) is 73.2. The minimum Gasteiger partial charge on any atom is -0.462 e.